The number of anilines is 1. The van der Waals surface area contributed by atoms with Crippen LogP contribution >= 0.6 is 34.8 Å². The smallest absolute Gasteiger partial charge is 0.0514 e. The van der Waals surface area contributed by atoms with Crippen LogP contribution in [0.4, 0.5) is 5.69 Å². The lowest BCUT2D eigenvalue weighted by molar-refractivity contribution is 1.11. The lowest BCUT2D eigenvalue weighted by Gasteiger charge is -2.10. The number of benzene rings is 2. The zero-order chi connectivity index (χ0) is 12.7. The van der Waals surface area contributed by atoms with Crippen LogP contribution in [0, 0.1) is 0 Å². The summed E-state index contributed by atoms with van der Waals surface area (Å²) < 4.78 is 0. The van der Waals surface area contributed by atoms with Gasteiger partial charge in [-0.3, -0.25) is 0 Å². The fourth-order valence-corrected chi connectivity index (χ4v) is 3.30. The van der Waals surface area contributed by atoms with Gasteiger partial charge >= 0.3 is 0 Å². The van der Waals surface area contributed by atoms with Crippen LogP contribution in [-0.2, 0) is 6.42 Å². The molecule has 3 rings (SSSR count). The van der Waals surface area contributed by atoms with Crippen molar-refractivity contribution in [2.24, 2.45) is 0 Å². The molecule has 2 aromatic rings. The first-order chi connectivity index (χ1) is 8.65. The summed E-state index contributed by atoms with van der Waals surface area (Å²) in [5, 5.41) is 5.05. The van der Waals surface area contributed by atoms with E-state index in [-0.39, 0.29) is 0 Å². The van der Waals surface area contributed by atoms with Crippen LogP contribution in [0.2, 0.25) is 15.1 Å². The molecule has 1 nitrogen and oxygen atoms in total. The second kappa shape index (κ2) is 4.65. The van der Waals surface area contributed by atoms with Gasteiger partial charge in [0.1, 0.15) is 0 Å². The average Bonchev–Trinajstić information content (AvgIpc) is 2.74. The van der Waals surface area contributed by atoms with Crippen LogP contribution in [0.3, 0.4) is 0 Å². The zero-order valence-electron chi connectivity index (χ0n) is 9.43. The van der Waals surface area contributed by atoms with Gasteiger partial charge in [0.15, 0.2) is 0 Å². The molecule has 1 aliphatic heterocycles. The van der Waals surface area contributed by atoms with Crippen LogP contribution in [0.1, 0.15) is 5.56 Å². The second-order valence-corrected chi connectivity index (χ2v) is 5.54. The highest BCUT2D eigenvalue weighted by Crippen LogP contribution is 2.39. The Bertz CT molecular complexity index is 599. The summed E-state index contributed by atoms with van der Waals surface area (Å²) in [6.45, 7) is 0.987. The molecule has 0 aromatic heterocycles. The summed E-state index contributed by atoms with van der Waals surface area (Å²) in [7, 11) is 0. The zero-order valence-corrected chi connectivity index (χ0v) is 11.7. The Morgan fingerprint density at radius 3 is 2.39 bits per heavy atom. The molecule has 1 aliphatic rings. The average molecular weight is 299 g/mol. The molecule has 2 aromatic carbocycles. The molecule has 1 N–H and O–H groups in total. The van der Waals surface area contributed by atoms with Crippen molar-refractivity contribution >= 4 is 40.5 Å². The molecule has 0 unspecified atom stereocenters. The Morgan fingerprint density at radius 2 is 1.67 bits per heavy atom. The fraction of sp³-hybridized carbons (Fsp3) is 0.143. The Hall–Kier alpha value is -0.890. The van der Waals surface area contributed by atoms with Crippen molar-refractivity contribution in [2.75, 3.05) is 11.9 Å². The minimum absolute atomic E-state index is 0.549. The van der Waals surface area contributed by atoms with Gasteiger partial charge < -0.3 is 5.32 Å². The molecule has 4 heteroatoms. The summed E-state index contributed by atoms with van der Waals surface area (Å²) in [5.74, 6) is 0. The topological polar surface area (TPSA) is 12.0 Å². The summed E-state index contributed by atoms with van der Waals surface area (Å²) in [6.07, 6.45) is 1.07. The molecule has 0 spiro atoms. The molecule has 1 heterocycles. The molecule has 0 bridgehead atoms. The molecule has 92 valence electrons. The lowest BCUT2D eigenvalue weighted by Crippen LogP contribution is -1.91. The van der Waals surface area contributed by atoms with E-state index in [9.17, 15) is 0 Å². The van der Waals surface area contributed by atoms with Crippen molar-refractivity contribution in [3.05, 3.63) is 51.0 Å². The van der Waals surface area contributed by atoms with E-state index in [1.807, 2.05) is 6.07 Å². The normalized spacial score (nSPS) is 13.3. The van der Waals surface area contributed by atoms with Gasteiger partial charge in [-0.1, -0.05) is 46.9 Å². The first kappa shape index (κ1) is 12.2. The highest BCUT2D eigenvalue weighted by atomic mass is 35.5. The second-order valence-electron chi connectivity index (χ2n) is 4.29. The quantitative estimate of drug-likeness (QED) is 0.755. The number of fused-ring (bicyclic) bond motifs is 1. The predicted octanol–water partition coefficient (Wildman–Crippen LogP) is 5.28. The van der Waals surface area contributed by atoms with E-state index in [0.29, 0.717) is 15.1 Å². The van der Waals surface area contributed by atoms with E-state index in [1.54, 1.807) is 12.1 Å². The number of halogens is 3. The van der Waals surface area contributed by atoms with E-state index in [0.717, 1.165) is 29.8 Å². The third-order valence-corrected chi connectivity index (χ3v) is 3.93. The molecule has 0 atom stereocenters. The summed E-state index contributed by atoms with van der Waals surface area (Å²) in [6, 6.07) is 9.68. The molecular formula is C14H10Cl3N. The third-order valence-electron chi connectivity index (χ3n) is 3.12. The maximum Gasteiger partial charge on any atom is 0.0514 e. The van der Waals surface area contributed by atoms with Crippen molar-refractivity contribution in [1.29, 1.82) is 0 Å². The van der Waals surface area contributed by atoms with Crippen LogP contribution in [-0.4, -0.2) is 6.54 Å². The number of hydrogen-bond donors (Lipinski definition) is 1. The molecule has 0 radical (unpaired) electrons. The number of nitrogens with one attached hydrogen (secondary N) is 1. The Kier molecular flexibility index (Phi) is 3.14. The molecule has 0 amide bonds. The summed E-state index contributed by atoms with van der Waals surface area (Å²) in [5.41, 5.74) is 4.34. The fourth-order valence-electron chi connectivity index (χ4n) is 2.26. The highest BCUT2D eigenvalue weighted by molar-refractivity contribution is 6.41. The standard InChI is InChI=1S/C14H10Cl3N/c15-10-6-11(16)14(12(17)7-10)9-2-1-8-3-4-18-13(8)5-9/h1-2,5-7,18H,3-4H2. The van der Waals surface area contributed by atoms with Crippen LogP contribution in [0.25, 0.3) is 11.1 Å². The lowest BCUT2D eigenvalue weighted by atomic mass is 10.0. The van der Waals surface area contributed by atoms with Gasteiger partial charge in [0.2, 0.25) is 0 Å². The van der Waals surface area contributed by atoms with Gasteiger partial charge in [-0.25, -0.2) is 0 Å². The van der Waals surface area contributed by atoms with E-state index in [1.165, 1.54) is 5.56 Å². The minimum atomic E-state index is 0.549. The van der Waals surface area contributed by atoms with Crippen molar-refractivity contribution in [1.82, 2.24) is 0 Å². The molecule has 0 saturated carbocycles. The molecule has 0 fully saturated rings. The SMILES string of the molecule is Clc1cc(Cl)c(-c2ccc3c(c2)NCC3)c(Cl)c1. The molecule has 0 saturated heterocycles. The van der Waals surface area contributed by atoms with Crippen LogP contribution < -0.4 is 5.32 Å². The molecular weight excluding hydrogens is 289 g/mol. The van der Waals surface area contributed by atoms with Crippen molar-refractivity contribution in [3.8, 4) is 11.1 Å². The number of rotatable bonds is 1. The van der Waals surface area contributed by atoms with E-state index < -0.39 is 0 Å². The predicted molar refractivity (Wildman–Crippen MR) is 79.1 cm³/mol. The monoisotopic (exact) mass is 297 g/mol. The largest absolute Gasteiger partial charge is 0.384 e. The van der Waals surface area contributed by atoms with Gasteiger partial charge in [0.05, 0.1) is 10.0 Å². The van der Waals surface area contributed by atoms with Gasteiger partial charge in [0.25, 0.3) is 0 Å². The van der Waals surface area contributed by atoms with Gasteiger partial charge in [-0.15, -0.1) is 0 Å². The summed E-state index contributed by atoms with van der Waals surface area (Å²) >= 11 is 18.4. The Balaban J connectivity index is 2.16. The first-order valence-corrected chi connectivity index (χ1v) is 6.80. The van der Waals surface area contributed by atoms with Gasteiger partial charge in [-0.05, 0) is 35.7 Å². The van der Waals surface area contributed by atoms with Crippen molar-refractivity contribution in [2.45, 2.75) is 6.42 Å². The maximum absolute atomic E-state index is 6.23. The Morgan fingerprint density at radius 1 is 0.944 bits per heavy atom. The maximum atomic E-state index is 6.23. The minimum Gasteiger partial charge on any atom is -0.384 e. The first-order valence-electron chi connectivity index (χ1n) is 5.67. The molecule has 0 aliphatic carbocycles. The van der Waals surface area contributed by atoms with Crippen LogP contribution in [0.5, 0.6) is 0 Å². The van der Waals surface area contributed by atoms with E-state index in [2.05, 4.69) is 17.4 Å². The third kappa shape index (κ3) is 2.07. The Labute approximate surface area is 121 Å². The molecule has 18 heavy (non-hydrogen) atoms. The van der Waals surface area contributed by atoms with Crippen molar-refractivity contribution in [3.63, 3.8) is 0 Å². The van der Waals surface area contributed by atoms with E-state index >= 15 is 0 Å². The van der Waals surface area contributed by atoms with Gasteiger partial charge in [0, 0.05) is 22.8 Å². The van der Waals surface area contributed by atoms with E-state index in [4.69, 9.17) is 34.8 Å². The summed E-state index contributed by atoms with van der Waals surface area (Å²) in [4.78, 5) is 0. The number of hydrogen-bond acceptors (Lipinski definition) is 1. The van der Waals surface area contributed by atoms with Gasteiger partial charge in [-0.2, -0.15) is 0 Å². The van der Waals surface area contributed by atoms with Crippen LogP contribution in [0.15, 0.2) is 30.3 Å². The van der Waals surface area contributed by atoms with Crippen molar-refractivity contribution < 1.29 is 0 Å². The highest BCUT2D eigenvalue weighted by Gasteiger charge is 2.14.